The zero-order chi connectivity index (χ0) is 23.7. The van der Waals surface area contributed by atoms with E-state index in [0.29, 0.717) is 24.2 Å². The van der Waals surface area contributed by atoms with Crippen molar-refractivity contribution in [3.8, 4) is 17.2 Å². The summed E-state index contributed by atoms with van der Waals surface area (Å²) in [7, 11) is 3.39. The van der Waals surface area contributed by atoms with Crippen LogP contribution >= 0.6 is 0 Å². The van der Waals surface area contributed by atoms with Crippen LogP contribution in [0, 0.1) is 6.92 Å². The fourth-order valence-electron chi connectivity index (χ4n) is 3.93. The number of aromatic hydroxyl groups is 2. The number of nitrogens with zero attached hydrogens (tertiary/aromatic N) is 2. The van der Waals surface area contributed by atoms with Crippen molar-refractivity contribution in [2.75, 3.05) is 14.1 Å². The van der Waals surface area contributed by atoms with Gasteiger partial charge in [0.2, 0.25) is 0 Å². The summed E-state index contributed by atoms with van der Waals surface area (Å²) in [5, 5.41) is 20.8. The number of benzene rings is 3. The first-order valence-corrected chi connectivity index (χ1v) is 10.6. The van der Waals surface area contributed by atoms with E-state index in [-0.39, 0.29) is 35.3 Å². The minimum Gasteiger partial charge on any atom is -0.507 e. The van der Waals surface area contributed by atoms with Crippen molar-refractivity contribution in [3.63, 3.8) is 0 Å². The lowest BCUT2D eigenvalue weighted by Gasteiger charge is -2.21. The molecule has 170 valence electrons. The Balaban J connectivity index is 1.62. The third kappa shape index (κ3) is 4.35. The summed E-state index contributed by atoms with van der Waals surface area (Å²) in [6.07, 6.45) is 0. The van der Waals surface area contributed by atoms with Crippen LogP contribution in [0.3, 0.4) is 0 Å². The Morgan fingerprint density at radius 1 is 0.970 bits per heavy atom. The molecular weight excluding hydrogens is 420 g/mol. The van der Waals surface area contributed by atoms with Crippen molar-refractivity contribution >= 4 is 11.8 Å². The van der Waals surface area contributed by atoms with Crippen molar-refractivity contribution in [3.05, 3.63) is 88.0 Å². The Kier molecular flexibility index (Phi) is 5.96. The van der Waals surface area contributed by atoms with Gasteiger partial charge in [-0.25, -0.2) is 0 Å². The lowest BCUT2D eigenvalue weighted by atomic mass is 10.1. The van der Waals surface area contributed by atoms with E-state index < -0.39 is 5.91 Å². The fourth-order valence-corrected chi connectivity index (χ4v) is 3.93. The highest BCUT2D eigenvalue weighted by Crippen LogP contribution is 2.40. The van der Waals surface area contributed by atoms with E-state index in [9.17, 15) is 19.8 Å². The minimum atomic E-state index is -0.407. The molecule has 0 atom stereocenters. The summed E-state index contributed by atoms with van der Waals surface area (Å²) >= 11 is 0. The highest BCUT2D eigenvalue weighted by molar-refractivity contribution is 6.01. The lowest BCUT2D eigenvalue weighted by Crippen LogP contribution is -2.26. The summed E-state index contributed by atoms with van der Waals surface area (Å²) in [5.74, 6) is -0.851. The molecule has 2 N–H and O–H groups in total. The van der Waals surface area contributed by atoms with Crippen LogP contribution in [-0.2, 0) is 19.7 Å². The lowest BCUT2D eigenvalue weighted by molar-refractivity contribution is 0.0742. The maximum Gasteiger partial charge on any atom is 0.262 e. The Hall–Kier alpha value is -4.00. The number of amides is 2. The molecule has 3 aromatic rings. The van der Waals surface area contributed by atoms with Gasteiger partial charge in [-0.1, -0.05) is 36.4 Å². The smallest absolute Gasteiger partial charge is 0.262 e. The summed E-state index contributed by atoms with van der Waals surface area (Å²) < 4.78 is 5.93. The normalized spacial score (nSPS) is 12.4. The summed E-state index contributed by atoms with van der Waals surface area (Å²) in [4.78, 5) is 28.9. The molecule has 0 unspecified atom stereocenters. The monoisotopic (exact) mass is 446 g/mol. The molecule has 3 aromatic carbocycles. The van der Waals surface area contributed by atoms with E-state index in [2.05, 4.69) is 0 Å². The highest BCUT2D eigenvalue weighted by atomic mass is 16.5. The van der Waals surface area contributed by atoms with E-state index in [1.807, 2.05) is 36.4 Å². The average Bonchev–Trinajstić information content (AvgIpc) is 3.23. The zero-order valence-corrected chi connectivity index (χ0v) is 18.8. The first kappa shape index (κ1) is 22.2. The van der Waals surface area contributed by atoms with Gasteiger partial charge in [-0.15, -0.1) is 0 Å². The number of carbonyl (C=O) groups is 2. The Morgan fingerprint density at radius 2 is 1.67 bits per heavy atom. The molecule has 0 spiro atoms. The molecule has 0 bridgehead atoms. The van der Waals surface area contributed by atoms with Crippen LogP contribution in [0.2, 0.25) is 0 Å². The van der Waals surface area contributed by atoms with E-state index in [4.69, 9.17) is 4.74 Å². The molecule has 0 aliphatic carbocycles. The molecule has 33 heavy (non-hydrogen) atoms. The maximum atomic E-state index is 13.5. The first-order valence-electron chi connectivity index (χ1n) is 10.6. The topological polar surface area (TPSA) is 90.3 Å². The molecule has 0 fully saturated rings. The van der Waals surface area contributed by atoms with E-state index >= 15 is 0 Å². The number of ether oxygens (including phenoxy) is 1. The van der Waals surface area contributed by atoms with Gasteiger partial charge in [0, 0.05) is 44.4 Å². The van der Waals surface area contributed by atoms with E-state index in [1.165, 1.54) is 4.90 Å². The Bertz CT molecular complexity index is 1220. The molecule has 0 radical (unpaired) electrons. The summed E-state index contributed by atoms with van der Waals surface area (Å²) in [6, 6.07) is 16.0. The molecule has 7 nitrogen and oxygen atoms in total. The molecule has 7 heteroatoms. The SMILES string of the molecule is Cc1c(O)cc(O)c(C(=O)N2Cc3ccc(C(=O)N(C)C)cc3C2)c1OCc1ccccc1. The van der Waals surface area contributed by atoms with Crippen LogP contribution in [0.5, 0.6) is 17.2 Å². The number of carbonyl (C=O) groups excluding carboxylic acids is 2. The second kappa shape index (κ2) is 8.86. The van der Waals surface area contributed by atoms with Crippen LogP contribution in [0.1, 0.15) is 43.0 Å². The van der Waals surface area contributed by atoms with Crippen molar-refractivity contribution < 1.29 is 24.5 Å². The van der Waals surface area contributed by atoms with Gasteiger partial charge >= 0.3 is 0 Å². The summed E-state index contributed by atoms with van der Waals surface area (Å²) in [6.45, 7) is 2.48. The number of hydrogen-bond donors (Lipinski definition) is 2. The molecule has 1 aliphatic rings. The van der Waals surface area contributed by atoms with Crippen LogP contribution in [0.4, 0.5) is 0 Å². The number of phenols is 2. The van der Waals surface area contributed by atoms with Gasteiger partial charge in [0.15, 0.2) is 0 Å². The van der Waals surface area contributed by atoms with Gasteiger partial charge in [-0.05, 0) is 35.7 Å². The molecule has 0 saturated heterocycles. The molecular formula is C26H26N2O5. The average molecular weight is 447 g/mol. The molecule has 2 amide bonds. The van der Waals surface area contributed by atoms with Gasteiger partial charge < -0.3 is 24.7 Å². The number of rotatable bonds is 5. The van der Waals surface area contributed by atoms with Gasteiger partial charge in [-0.3, -0.25) is 9.59 Å². The van der Waals surface area contributed by atoms with Gasteiger partial charge in [0.1, 0.15) is 29.4 Å². The zero-order valence-electron chi connectivity index (χ0n) is 18.8. The van der Waals surface area contributed by atoms with Gasteiger partial charge in [0.25, 0.3) is 11.8 Å². The quantitative estimate of drug-likeness (QED) is 0.622. The molecule has 1 aliphatic heterocycles. The van der Waals surface area contributed by atoms with Gasteiger partial charge in [-0.2, -0.15) is 0 Å². The molecule has 0 aromatic heterocycles. The van der Waals surface area contributed by atoms with Crippen LogP contribution < -0.4 is 4.74 Å². The number of hydrogen-bond acceptors (Lipinski definition) is 5. The Labute approximate surface area is 192 Å². The predicted octanol–water partition coefficient (Wildman–Crippen LogP) is 3.84. The van der Waals surface area contributed by atoms with Crippen molar-refractivity contribution in [2.24, 2.45) is 0 Å². The van der Waals surface area contributed by atoms with E-state index in [0.717, 1.165) is 22.8 Å². The maximum absolute atomic E-state index is 13.5. The number of phenolic OH excluding ortho intramolecular Hbond substituents is 2. The molecule has 1 heterocycles. The third-order valence-electron chi connectivity index (χ3n) is 5.79. The van der Waals surface area contributed by atoms with Crippen molar-refractivity contribution in [1.29, 1.82) is 0 Å². The fraction of sp³-hybridized carbons (Fsp3) is 0.231. The largest absolute Gasteiger partial charge is 0.507 e. The predicted molar refractivity (Wildman–Crippen MR) is 123 cm³/mol. The highest BCUT2D eigenvalue weighted by Gasteiger charge is 2.31. The summed E-state index contributed by atoms with van der Waals surface area (Å²) in [5.41, 5.74) is 3.67. The van der Waals surface area contributed by atoms with Crippen molar-refractivity contribution in [2.45, 2.75) is 26.6 Å². The van der Waals surface area contributed by atoms with Gasteiger partial charge in [0.05, 0.1) is 0 Å². The Morgan fingerprint density at radius 3 is 2.36 bits per heavy atom. The standard InChI is InChI=1S/C26H26N2O5/c1-16-21(29)12-22(30)23(24(16)33-15-17-7-5-4-6-8-17)26(32)28-13-19-10-9-18(11-20(19)14-28)25(31)27(2)3/h4-12,29-30H,13-15H2,1-3H3. The molecule has 4 rings (SSSR count). The second-order valence-electron chi connectivity index (χ2n) is 8.36. The van der Waals surface area contributed by atoms with Crippen molar-refractivity contribution in [1.82, 2.24) is 9.80 Å². The molecule has 0 saturated carbocycles. The third-order valence-corrected chi connectivity index (χ3v) is 5.79. The second-order valence-corrected chi connectivity index (χ2v) is 8.36. The first-order chi connectivity index (χ1) is 15.8. The van der Waals surface area contributed by atoms with E-state index in [1.54, 1.807) is 38.1 Å². The van der Waals surface area contributed by atoms with Crippen LogP contribution in [0.15, 0.2) is 54.6 Å². The minimum absolute atomic E-state index is 0.0126. The van der Waals surface area contributed by atoms with Crippen LogP contribution in [0.25, 0.3) is 0 Å². The number of fused-ring (bicyclic) bond motifs is 1. The van der Waals surface area contributed by atoms with Crippen LogP contribution in [-0.4, -0.2) is 45.9 Å².